The predicted molar refractivity (Wildman–Crippen MR) is 66.7 cm³/mol. The van der Waals surface area contributed by atoms with Crippen molar-refractivity contribution in [3.63, 3.8) is 0 Å². The van der Waals surface area contributed by atoms with Crippen molar-refractivity contribution < 1.29 is 9.84 Å². The van der Waals surface area contributed by atoms with Crippen LogP contribution < -0.4 is 0 Å². The van der Waals surface area contributed by atoms with Gasteiger partial charge in [-0.15, -0.1) is 0 Å². The number of ether oxygens (including phenoxy) is 1. The molecule has 94 valence electrons. The van der Waals surface area contributed by atoms with Crippen LogP contribution in [0.25, 0.3) is 0 Å². The van der Waals surface area contributed by atoms with Crippen LogP contribution in [0.5, 0.6) is 0 Å². The van der Waals surface area contributed by atoms with E-state index >= 15 is 0 Å². The molecule has 1 fully saturated rings. The van der Waals surface area contributed by atoms with Gasteiger partial charge in [0.2, 0.25) is 0 Å². The summed E-state index contributed by atoms with van der Waals surface area (Å²) < 4.78 is 5.97. The van der Waals surface area contributed by atoms with Gasteiger partial charge in [-0.25, -0.2) is 0 Å². The van der Waals surface area contributed by atoms with Gasteiger partial charge in [-0.3, -0.25) is 4.98 Å². The smallest absolute Gasteiger partial charge is 0.122 e. The van der Waals surface area contributed by atoms with E-state index in [0.29, 0.717) is 6.42 Å². The second kappa shape index (κ2) is 3.53. The molecule has 3 nitrogen and oxygen atoms in total. The molecular formula is C14H21NO2. The van der Waals surface area contributed by atoms with Crippen LogP contribution in [0.1, 0.15) is 45.2 Å². The fourth-order valence-corrected chi connectivity index (χ4v) is 2.87. The molecule has 1 aromatic rings. The molecule has 1 aromatic heterocycles. The molecule has 2 rings (SSSR count). The minimum atomic E-state index is -0.977. The zero-order valence-electron chi connectivity index (χ0n) is 11.2. The summed E-state index contributed by atoms with van der Waals surface area (Å²) in [6, 6.07) is 1.99. The first-order valence-corrected chi connectivity index (χ1v) is 6.01. The number of rotatable bonds is 1. The Morgan fingerprint density at radius 2 is 1.88 bits per heavy atom. The average molecular weight is 235 g/mol. The SMILES string of the molecule is Cc1cncc(C2(O)CC(C)(C)OC2(C)C)c1. The minimum absolute atomic E-state index is 0.317. The van der Waals surface area contributed by atoms with Gasteiger partial charge in [0.05, 0.1) is 11.2 Å². The lowest BCUT2D eigenvalue weighted by atomic mass is 9.77. The number of hydrogen-bond donors (Lipinski definition) is 1. The van der Waals surface area contributed by atoms with E-state index in [2.05, 4.69) is 4.98 Å². The van der Waals surface area contributed by atoms with Gasteiger partial charge in [-0.2, -0.15) is 0 Å². The molecule has 1 atom stereocenters. The zero-order valence-corrected chi connectivity index (χ0v) is 11.2. The number of nitrogens with zero attached hydrogens (tertiary/aromatic N) is 1. The molecule has 0 aliphatic carbocycles. The summed E-state index contributed by atoms with van der Waals surface area (Å²) in [5, 5.41) is 11.0. The lowest BCUT2D eigenvalue weighted by Crippen LogP contribution is -2.43. The number of pyridine rings is 1. The Labute approximate surface area is 103 Å². The largest absolute Gasteiger partial charge is 0.382 e. The van der Waals surface area contributed by atoms with Crippen molar-refractivity contribution in [1.82, 2.24) is 4.98 Å². The summed E-state index contributed by atoms with van der Waals surface area (Å²) in [5.74, 6) is 0. The Balaban J connectivity index is 2.49. The van der Waals surface area contributed by atoms with E-state index in [-0.39, 0.29) is 5.60 Å². The van der Waals surface area contributed by atoms with Crippen LogP contribution in [-0.4, -0.2) is 21.3 Å². The topological polar surface area (TPSA) is 42.4 Å². The Bertz CT molecular complexity index is 440. The second-order valence-electron chi connectivity index (χ2n) is 6.16. The number of aryl methyl sites for hydroxylation is 1. The summed E-state index contributed by atoms with van der Waals surface area (Å²) in [6.07, 6.45) is 4.11. The van der Waals surface area contributed by atoms with E-state index < -0.39 is 11.2 Å². The Kier molecular flexibility index (Phi) is 2.60. The third-order valence-electron chi connectivity index (χ3n) is 3.56. The summed E-state index contributed by atoms with van der Waals surface area (Å²) in [4.78, 5) is 4.17. The highest BCUT2D eigenvalue weighted by Gasteiger charge is 2.57. The molecule has 1 N–H and O–H groups in total. The lowest BCUT2D eigenvalue weighted by Gasteiger charge is -2.35. The van der Waals surface area contributed by atoms with Gasteiger partial charge in [-0.05, 0) is 40.2 Å². The Morgan fingerprint density at radius 1 is 1.24 bits per heavy atom. The van der Waals surface area contributed by atoms with Gasteiger partial charge in [0.1, 0.15) is 5.60 Å². The Hall–Kier alpha value is -0.930. The van der Waals surface area contributed by atoms with Gasteiger partial charge in [0, 0.05) is 24.4 Å². The molecular weight excluding hydrogens is 214 g/mol. The van der Waals surface area contributed by atoms with Crippen molar-refractivity contribution in [1.29, 1.82) is 0 Å². The third-order valence-corrected chi connectivity index (χ3v) is 3.56. The quantitative estimate of drug-likeness (QED) is 0.813. The van der Waals surface area contributed by atoms with Gasteiger partial charge < -0.3 is 9.84 Å². The first-order chi connectivity index (χ1) is 7.66. The van der Waals surface area contributed by atoms with Gasteiger partial charge >= 0.3 is 0 Å². The number of aromatic nitrogens is 1. The van der Waals surface area contributed by atoms with Crippen LogP contribution in [0.2, 0.25) is 0 Å². The number of hydrogen-bond acceptors (Lipinski definition) is 3. The molecule has 0 bridgehead atoms. The zero-order chi connectivity index (χ0) is 12.9. The van der Waals surface area contributed by atoms with E-state index in [1.807, 2.05) is 40.7 Å². The number of aliphatic hydroxyl groups is 1. The molecule has 2 heterocycles. The summed E-state index contributed by atoms with van der Waals surface area (Å²) in [7, 11) is 0. The van der Waals surface area contributed by atoms with Crippen LogP contribution >= 0.6 is 0 Å². The second-order valence-corrected chi connectivity index (χ2v) is 6.16. The fourth-order valence-electron chi connectivity index (χ4n) is 2.87. The van der Waals surface area contributed by atoms with Gasteiger partial charge in [-0.1, -0.05) is 6.07 Å². The van der Waals surface area contributed by atoms with Crippen molar-refractivity contribution in [2.24, 2.45) is 0 Å². The van der Waals surface area contributed by atoms with E-state index in [1.54, 1.807) is 12.4 Å². The maximum absolute atomic E-state index is 11.0. The molecule has 0 saturated carbocycles. The van der Waals surface area contributed by atoms with Crippen LogP contribution in [0.15, 0.2) is 18.5 Å². The van der Waals surface area contributed by atoms with Gasteiger partial charge in [0.25, 0.3) is 0 Å². The molecule has 17 heavy (non-hydrogen) atoms. The monoisotopic (exact) mass is 235 g/mol. The molecule has 0 amide bonds. The predicted octanol–water partition coefficient (Wildman–Crippen LogP) is 2.56. The third kappa shape index (κ3) is 1.98. The molecule has 0 radical (unpaired) electrons. The van der Waals surface area contributed by atoms with Crippen molar-refractivity contribution in [2.45, 2.75) is 57.8 Å². The average Bonchev–Trinajstić information content (AvgIpc) is 2.31. The summed E-state index contributed by atoms with van der Waals surface area (Å²) >= 11 is 0. The first-order valence-electron chi connectivity index (χ1n) is 6.01. The van der Waals surface area contributed by atoms with Crippen molar-refractivity contribution in [2.75, 3.05) is 0 Å². The van der Waals surface area contributed by atoms with Crippen LogP contribution in [-0.2, 0) is 10.3 Å². The van der Waals surface area contributed by atoms with Crippen LogP contribution in [0.3, 0.4) is 0 Å². The van der Waals surface area contributed by atoms with Crippen molar-refractivity contribution >= 4 is 0 Å². The molecule has 1 aliphatic heterocycles. The van der Waals surface area contributed by atoms with Crippen molar-refractivity contribution in [3.05, 3.63) is 29.6 Å². The molecule has 0 aromatic carbocycles. The Morgan fingerprint density at radius 3 is 2.35 bits per heavy atom. The maximum Gasteiger partial charge on any atom is 0.122 e. The van der Waals surface area contributed by atoms with E-state index in [0.717, 1.165) is 11.1 Å². The first kappa shape index (κ1) is 12.5. The standard InChI is InChI=1S/C14H21NO2/c1-10-6-11(8-15-7-10)14(16)9-12(2,3)17-13(14,4)5/h6-8,16H,9H2,1-5H3. The van der Waals surface area contributed by atoms with Gasteiger partial charge in [0.15, 0.2) is 0 Å². The molecule has 1 unspecified atom stereocenters. The molecule has 3 heteroatoms. The molecule has 1 saturated heterocycles. The fraction of sp³-hybridized carbons (Fsp3) is 0.643. The lowest BCUT2D eigenvalue weighted by molar-refractivity contribution is -0.129. The highest BCUT2D eigenvalue weighted by molar-refractivity contribution is 5.29. The molecule has 1 aliphatic rings. The van der Waals surface area contributed by atoms with E-state index in [4.69, 9.17) is 4.74 Å². The van der Waals surface area contributed by atoms with E-state index in [1.165, 1.54) is 0 Å². The van der Waals surface area contributed by atoms with Crippen LogP contribution in [0, 0.1) is 6.92 Å². The summed E-state index contributed by atoms with van der Waals surface area (Å²) in [5.41, 5.74) is -0.00625. The van der Waals surface area contributed by atoms with E-state index in [9.17, 15) is 5.11 Å². The normalized spacial score (nSPS) is 30.5. The highest BCUT2D eigenvalue weighted by atomic mass is 16.5. The minimum Gasteiger partial charge on any atom is -0.382 e. The maximum atomic E-state index is 11.0. The van der Waals surface area contributed by atoms with Crippen molar-refractivity contribution in [3.8, 4) is 0 Å². The highest BCUT2D eigenvalue weighted by Crippen LogP contribution is 2.50. The summed E-state index contributed by atoms with van der Waals surface area (Å²) in [6.45, 7) is 9.87. The molecule has 0 spiro atoms. The van der Waals surface area contributed by atoms with Crippen LogP contribution in [0.4, 0.5) is 0 Å².